The number of carbonyl (C=O) groups excluding carboxylic acids is 1. The molecule has 0 aliphatic rings. The van der Waals surface area contributed by atoms with Crippen molar-refractivity contribution in [1.29, 1.82) is 5.26 Å². The summed E-state index contributed by atoms with van der Waals surface area (Å²) in [7, 11) is 0. The molecule has 0 aromatic carbocycles. The van der Waals surface area contributed by atoms with Crippen LogP contribution in [0, 0.1) is 11.3 Å². The van der Waals surface area contributed by atoms with E-state index in [-0.39, 0.29) is 5.69 Å². The fourth-order valence-corrected chi connectivity index (χ4v) is 2.72. The maximum atomic E-state index is 11.2. The van der Waals surface area contributed by atoms with Crippen LogP contribution in [-0.2, 0) is 0 Å². The van der Waals surface area contributed by atoms with E-state index in [1.54, 1.807) is 36.7 Å². The lowest BCUT2D eigenvalue weighted by atomic mass is 10.2. The van der Waals surface area contributed by atoms with Crippen LogP contribution in [0.25, 0.3) is 21.1 Å². The first-order valence-corrected chi connectivity index (χ1v) is 7.07. The van der Waals surface area contributed by atoms with Gasteiger partial charge in [-0.05, 0) is 18.2 Å². The number of pyridine rings is 2. The van der Waals surface area contributed by atoms with Gasteiger partial charge in [-0.15, -0.1) is 11.3 Å². The van der Waals surface area contributed by atoms with Crippen molar-refractivity contribution in [3.05, 3.63) is 54.1 Å². The number of nitriles is 1. The van der Waals surface area contributed by atoms with Crippen LogP contribution >= 0.6 is 11.3 Å². The lowest BCUT2D eigenvalue weighted by Gasteiger charge is -1.98. The highest BCUT2D eigenvalue weighted by molar-refractivity contribution is 7.18. The number of aromatic nitrogens is 3. The van der Waals surface area contributed by atoms with E-state index in [0.717, 1.165) is 15.4 Å². The maximum absolute atomic E-state index is 11.2. The van der Waals surface area contributed by atoms with Crippen molar-refractivity contribution in [1.82, 2.24) is 15.0 Å². The summed E-state index contributed by atoms with van der Waals surface area (Å²) in [4.78, 5) is 24.6. The Labute approximate surface area is 129 Å². The lowest BCUT2D eigenvalue weighted by molar-refractivity contribution is 0.0995. The number of nitrogens with zero attached hydrogens (tertiary/aromatic N) is 4. The Bertz CT molecular complexity index is 897. The molecule has 0 saturated heterocycles. The highest BCUT2D eigenvalue weighted by atomic mass is 32.1. The quantitative estimate of drug-likeness (QED) is 0.798. The summed E-state index contributed by atoms with van der Waals surface area (Å²) >= 11 is 1.40. The molecule has 3 heterocycles. The van der Waals surface area contributed by atoms with Crippen LogP contribution in [0.1, 0.15) is 16.1 Å². The van der Waals surface area contributed by atoms with E-state index in [0.29, 0.717) is 11.3 Å². The molecule has 3 aromatic heterocycles. The summed E-state index contributed by atoms with van der Waals surface area (Å²) in [6.45, 7) is 0. The molecule has 0 saturated carbocycles. The molecule has 7 heteroatoms. The molecular weight excluding hydrogens is 298 g/mol. The van der Waals surface area contributed by atoms with Gasteiger partial charge in [-0.1, -0.05) is 6.07 Å². The molecule has 0 unspecified atom stereocenters. The van der Waals surface area contributed by atoms with Crippen LogP contribution < -0.4 is 5.73 Å². The minimum atomic E-state index is -0.572. The molecule has 0 atom stereocenters. The Kier molecular flexibility index (Phi) is 3.60. The first-order chi connectivity index (χ1) is 10.7. The smallest absolute Gasteiger partial charge is 0.267 e. The Morgan fingerprint density at radius 3 is 2.91 bits per heavy atom. The van der Waals surface area contributed by atoms with Gasteiger partial charge in [-0.2, -0.15) is 5.26 Å². The number of thiazole rings is 1. The van der Waals surface area contributed by atoms with Crippen molar-refractivity contribution in [3.63, 3.8) is 0 Å². The van der Waals surface area contributed by atoms with Crippen LogP contribution in [0.5, 0.6) is 0 Å². The topological polar surface area (TPSA) is 106 Å². The van der Waals surface area contributed by atoms with Gasteiger partial charge in [-0.3, -0.25) is 9.78 Å². The molecule has 0 spiro atoms. The fraction of sp³-hybridized carbons (Fsp3) is 0. The summed E-state index contributed by atoms with van der Waals surface area (Å²) in [5.74, 6) is -0.572. The van der Waals surface area contributed by atoms with E-state index in [2.05, 4.69) is 15.0 Å². The first-order valence-electron chi connectivity index (χ1n) is 6.26. The molecule has 0 bridgehead atoms. The second-order valence-electron chi connectivity index (χ2n) is 4.38. The molecule has 3 rings (SSSR count). The number of rotatable bonds is 3. The molecule has 0 radical (unpaired) electrons. The average Bonchev–Trinajstić information content (AvgIpc) is 3.05. The van der Waals surface area contributed by atoms with Crippen molar-refractivity contribution in [3.8, 4) is 27.2 Å². The Morgan fingerprint density at radius 1 is 1.27 bits per heavy atom. The van der Waals surface area contributed by atoms with Crippen molar-refractivity contribution in [2.24, 2.45) is 5.73 Å². The SMILES string of the molecule is N#Cc1cncc(-c2ncc(-c3cccc(C(N)=O)n3)s2)c1. The largest absolute Gasteiger partial charge is 0.364 e. The molecule has 6 nitrogen and oxygen atoms in total. The van der Waals surface area contributed by atoms with E-state index >= 15 is 0 Å². The maximum Gasteiger partial charge on any atom is 0.267 e. The van der Waals surface area contributed by atoms with Crippen molar-refractivity contribution in [2.75, 3.05) is 0 Å². The minimum absolute atomic E-state index is 0.209. The van der Waals surface area contributed by atoms with Crippen LogP contribution in [0.15, 0.2) is 42.9 Å². The van der Waals surface area contributed by atoms with Crippen LogP contribution in [-0.4, -0.2) is 20.9 Å². The molecule has 106 valence electrons. The number of carbonyl (C=O) groups is 1. The summed E-state index contributed by atoms with van der Waals surface area (Å²) < 4.78 is 0. The Balaban J connectivity index is 1.99. The third-order valence-corrected chi connectivity index (χ3v) is 3.94. The van der Waals surface area contributed by atoms with Gasteiger partial charge in [0.1, 0.15) is 16.8 Å². The van der Waals surface area contributed by atoms with Gasteiger partial charge in [0, 0.05) is 24.2 Å². The Morgan fingerprint density at radius 2 is 2.14 bits per heavy atom. The van der Waals surface area contributed by atoms with Gasteiger partial charge in [-0.25, -0.2) is 9.97 Å². The predicted octanol–water partition coefficient (Wildman–Crippen LogP) is 2.24. The number of hydrogen-bond acceptors (Lipinski definition) is 6. The van der Waals surface area contributed by atoms with Crippen molar-refractivity contribution >= 4 is 17.2 Å². The lowest BCUT2D eigenvalue weighted by Crippen LogP contribution is -2.12. The van der Waals surface area contributed by atoms with E-state index in [1.165, 1.54) is 17.5 Å². The van der Waals surface area contributed by atoms with Gasteiger partial charge in [0.25, 0.3) is 5.91 Å². The molecule has 22 heavy (non-hydrogen) atoms. The van der Waals surface area contributed by atoms with E-state index < -0.39 is 5.91 Å². The average molecular weight is 307 g/mol. The number of primary amides is 1. The third kappa shape index (κ3) is 2.68. The zero-order valence-corrected chi connectivity index (χ0v) is 12.0. The zero-order valence-electron chi connectivity index (χ0n) is 11.2. The fourth-order valence-electron chi connectivity index (χ4n) is 1.85. The predicted molar refractivity (Wildman–Crippen MR) is 81.8 cm³/mol. The number of hydrogen-bond donors (Lipinski definition) is 1. The third-order valence-electron chi connectivity index (χ3n) is 2.87. The minimum Gasteiger partial charge on any atom is -0.364 e. The van der Waals surface area contributed by atoms with Crippen LogP contribution in [0.4, 0.5) is 0 Å². The van der Waals surface area contributed by atoms with Crippen LogP contribution in [0.2, 0.25) is 0 Å². The van der Waals surface area contributed by atoms with Gasteiger partial charge in [0.05, 0.1) is 16.1 Å². The molecule has 0 fully saturated rings. The number of amides is 1. The van der Waals surface area contributed by atoms with E-state index in [9.17, 15) is 4.79 Å². The second-order valence-corrected chi connectivity index (χ2v) is 5.41. The molecule has 0 aliphatic heterocycles. The van der Waals surface area contributed by atoms with Gasteiger partial charge >= 0.3 is 0 Å². The molecule has 3 aromatic rings. The van der Waals surface area contributed by atoms with E-state index in [1.807, 2.05) is 6.07 Å². The van der Waals surface area contributed by atoms with Crippen molar-refractivity contribution < 1.29 is 4.79 Å². The standard InChI is InChI=1S/C15H9N5OS/c16-5-9-4-10(7-18-6-9)15-19-8-13(22-15)11-2-1-3-12(20-11)14(17)21/h1-4,6-8H,(H2,17,21). The summed E-state index contributed by atoms with van der Waals surface area (Å²) in [6, 6.07) is 8.84. The zero-order chi connectivity index (χ0) is 15.5. The molecular formula is C15H9N5OS. The van der Waals surface area contributed by atoms with Gasteiger partial charge in [0.15, 0.2) is 0 Å². The first kappa shape index (κ1) is 13.9. The monoisotopic (exact) mass is 307 g/mol. The van der Waals surface area contributed by atoms with Gasteiger partial charge < -0.3 is 5.73 Å². The van der Waals surface area contributed by atoms with Crippen LogP contribution in [0.3, 0.4) is 0 Å². The van der Waals surface area contributed by atoms with E-state index in [4.69, 9.17) is 11.0 Å². The highest BCUT2D eigenvalue weighted by Crippen LogP contribution is 2.31. The second kappa shape index (κ2) is 5.71. The molecule has 1 amide bonds. The van der Waals surface area contributed by atoms with Crippen molar-refractivity contribution in [2.45, 2.75) is 0 Å². The summed E-state index contributed by atoms with van der Waals surface area (Å²) in [5, 5.41) is 9.64. The molecule has 2 N–H and O–H groups in total. The summed E-state index contributed by atoms with van der Waals surface area (Å²) in [6.07, 6.45) is 4.82. The highest BCUT2D eigenvalue weighted by Gasteiger charge is 2.10. The molecule has 0 aliphatic carbocycles. The van der Waals surface area contributed by atoms with Gasteiger partial charge in [0.2, 0.25) is 0 Å². The Hall–Kier alpha value is -3.11. The number of nitrogens with two attached hydrogens (primary N) is 1. The summed E-state index contributed by atoms with van der Waals surface area (Å²) in [5.41, 5.74) is 7.31. The normalized spacial score (nSPS) is 10.1.